The molecule has 0 saturated carbocycles. The highest BCUT2D eigenvalue weighted by Gasteiger charge is 2.34. The summed E-state index contributed by atoms with van der Waals surface area (Å²) in [6.07, 6.45) is -4.34. The van der Waals surface area contributed by atoms with Crippen molar-refractivity contribution in [1.82, 2.24) is 0 Å². The van der Waals surface area contributed by atoms with Crippen molar-refractivity contribution >= 4 is 5.57 Å². The highest BCUT2D eigenvalue weighted by Crippen LogP contribution is 2.35. The van der Waals surface area contributed by atoms with Gasteiger partial charge in [0.05, 0.1) is 5.56 Å². The predicted molar refractivity (Wildman–Crippen MR) is 54.1 cm³/mol. The van der Waals surface area contributed by atoms with Crippen LogP contribution in [0.1, 0.15) is 17.5 Å². The summed E-state index contributed by atoms with van der Waals surface area (Å²) in [4.78, 5) is 0. The minimum Gasteiger partial charge on any atom is -0.330 e. The summed E-state index contributed by atoms with van der Waals surface area (Å²) < 4.78 is 50.5. The maximum atomic E-state index is 12.8. The van der Waals surface area contributed by atoms with Gasteiger partial charge in [0.1, 0.15) is 5.82 Å². The van der Waals surface area contributed by atoms with Crippen molar-refractivity contribution in [2.75, 3.05) is 6.54 Å². The van der Waals surface area contributed by atoms with Crippen LogP contribution in [-0.4, -0.2) is 6.54 Å². The van der Waals surface area contributed by atoms with Crippen LogP contribution in [0.2, 0.25) is 0 Å². The fraction of sp³-hybridized carbons (Fsp3) is 0.273. The first-order chi connectivity index (χ1) is 7.36. The molecule has 2 N–H and O–H groups in total. The average molecular weight is 233 g/mol. The Hall–Kier alpha value is -1.36. The van der Waals surface area contributed by atoms with E-state index in [1.54, 1.807) is 0 Å². The fourth-order valence-corrected chi connectivity index (χ4v) is 1.37. The number of nitrogens with two attached hydrogens (primary N) is 1. The van der Waals surface area contributed by atoms with Crippen LogP contribution in [0, 0.1) is 5.82 Å². The van der Waals surface area contributed by atoms with Gasteiger partial charge in [-0.2, -0.15) is 13.2 Å². The van der Waals surface area contributed by atoms with Crippen molar-refractivity contribution in [2.45, 2.75) is 12.6 Å². The van der Waals surface area contributed by atoms with Crippen molar-refractivity contribution in [3.05, 3.63) is 41.7 Å². The lowest BCUT2D eigenvalue weighted by molar-refractivity contribution is -0.138. The largest absolute Gasteiger partial charge is 0.417 e. The van der Waals surface area contributed by atoms with Gasteiger partial charge in [-0.3, -0.25) is 0 Å². The molecule has 1 rings (SSSR count). The standard InChI is InChI=1S/C11H11F4N/c1-7(4-5-16)9-3-2-8(12)6-10(9)11(13,14)15/h2-3,6H,1,4-5,16H2. The van der Waals surface area contributed by atoms with E-state index in [0.717, 1.165) is 12.1 Å². The molecule has 0 amide bonds. The van der Waals surface area contributed by atoms with Crippen LogP contribution >= 0.6 is 0 Å². The van der Waals surface area contributed by atoms with Crippen molar-refractivity contribution in [3.8, 4) is 0 Å². The second kappa shape index (κ2) is 4.65. The third-order valence-corrected chi connectivity index (χ3v) is 2.11. The van der Waals surface area contributed by atoms with Gasteiger partial charge in [0, 0.05) is 0 Å². The smallest absolute Gasteiger partial charge is 0.330 e. The van der Waals surface area contributed by atoms with Crippen LogP contribution in [0.4, 0.5) is 17.6 Å². The summed E-state index contributed by atoms with van der Waals surface area (Å²) in [6.45, 7) is 3.72. The van der Waals surface area contributed by atoms with Crippen molar-refractivity contribution < 1.29 is 17.6 Å². The molecule has 0 radical (unpaired) electrons. The summed E-state index contributed by atoms with van der Waals surface area (Å²) in [6, 6.07) is 2.53. The monoisotopic (exact) mass is 233 g/mol. The lowest BCUT2D eigenvalue weighted by atomic mass is 9.98. The van der Waals surface area contributed by atoms with E-state index in [1.165, 1.54) is 0 Å². The van der Waals surface area contributed by atoms with Crippen LogP contribution in [0.15, 0.2) is 24.8 Å². The summed E-state index contributed by atoms with van der Waals surface area (Å²) >= 11 is 0. The third kappa shape index (κ3) is 2.82. The van der Waals surface area contributed by atoms with Gasteiger partial charge in [-0.1, -0.05) is 12.6 Å². The van der Waals surface area contributed by atoms with E-state index in [1.807, 2.05) is 0 Å². The quantitative estimate of drug-likeness (QED) is 0.797. The van der Waals surface area contributed by atoms with Gasteiger partial charge in [-0.25, -0.2) is 4.39 Å². The molecule has 0 fully saturated rings. The lowest BCUT2D eigenvalue weighted by Gasteiger charge is -2.14. The molecule has 0 unspecified atom stereocenters. The van der Waals surface area contributed by atoms with Crippen LogP contribution in [0.25, 0.3) is 5.57 Å². The average Bonchev–Trinajstić information content (AvgIpc) is 2.16. The molecular weight excluding hydrogens is 222 g/mol. The number of hydrogen-bond acceptors (Lipinski definition) is 1. The maximum absolute atomic E-state index is 12.8. The van der Waals surface area contributed by atoms with Gasteiger partial charge in [0.2, 0.25) is 0 Å². The van der Waals surface area contributed by atoms with Gasteiger partial charge in [0.15, 0.2) is 0 Å². The molecule has 1 aromatic carbocycles. The molecule has 0 aliphatic heterocycles. The number of alkyl halides is 3. The Kier molecular flexibility index (Phi) is 3.70. The van der Waals surface area contributed by atoms with Gasteiger partial charge < -0.3 is 5.73 Å². The molecule has 0 bridgehead atoms. The molecule has 1 nitrogen and oxygen atoms in total. The second-order valence-electron chi connectivity index (χ2n) is 3.33. The van der Waals surface area contributed by atoms with Gasteiger partial charge in [0.25, 0.3) is 0 Å². The SMILES string of the molecule is C=C(CCN)c1ccc(F)cc1C(F)(F)F. The normalized spacial score (nSPS) is 11.6. The van der Waals surface area contributed by atoms with Crippen molar-refractivity contribution in [1.29, 1.82) is 0 Å². The summed E-state index contributed by atoms with van der Waals surface area (Å²) in [5.41, 5.74) is 4.39. The Morgan fingerprint density at radius 2 is 1.94 bits per heavy atom. The minimum atomic E-state index is -4.59. The summed E-state index contributed by atoms with van der Waals surface area (Å²) in [7, 11) is 0. The molecule has 5 heteroatoms. The molecule has 0 saturated heterocycles. The highest BCUT2D eigenvalue weighted by molar-refractivity contribution is 5.67. The summed E-state index contributed by atoms with van der Waals surface area (Å²) in [5, 5.41) is 0. The number of rotatable bonds is 3. The molecule has 0 heterocycles. The van der Waals surface area contributed by atoms with E-state index in [2.05, 4.69) is 6.58 Å². The number of hydrogen-bond donors (Lipinski definition) is 1. The molecule has 0 aliphatic carbocycles. The second-order valence-corrected chi connectivity index (χ2v) is 3.33. The van der Waals surface area contributed by atoms with Crippen LogP contribution in [0.3, 0.4) is 0 Å². The zero-order chi connectivity index (χ0) is 12.3. The van der Waals surface area contributed by atoms with E-state index in [9.17, 15) is 17.6 Å². The number of halogens is 4. The molecule has 88 valence electrons. The molecule has 0 atom stereocenters. The van der Waals surface area contributed by atoms with Crippen molar-refractivity contribution in [2.24, 2.45) is 5.73 Å². The maximum Gasteiger partial charge on any atom is 0.417 e. The van der Waals surface area contributed by atoms with Crippen LogP contribution in [-0.2, 0) is 6.18 Å². The van der Waals surface area contributed by atoms with Gasteiger partial charge >= 0.3 is 6.18 Å². The van der Waals surface area contributed by atoms with E-state index >= 15 is 0 Å². The zero-order valence-electron chi connectivity index (χ0n) is 8.44. The molecular formula is C11H11F4N. The summed E-state index contributed by atoms with van der Waals surface area (Å²) in [5.74, 6) is -0.920. The predicted octanol–water partition coefficient (Wildman–Crippen LogP) is 3.21. The van der Waals surface area contributed by atoms with Crippen LogP contribution in [0.5, 0.6) is 0 Å². The Morgan fingerprint density at radius 1 is 1.31 bits per heavy atom. The first-order valence-corrected chi connectivity index (χ1v) is 4.61. The molecule has 0 aromatic heterocycles. The van der Waals surface area contributed by atoms with E-state index in [0.29, 0.717) is 6.07 Å². The van der Waals surface area contributed by atoms with Crippen LogP contribution < -0.4 is 5.73 Å². The van der Waals surface area contributed by atoms with E-state index < -0.39 is 17.6 Å². The first-order valence-electron chi connectivity index (χ1n) is 4.61. The Balaban J connectivity index is 3.23. The van der Waals surface area contributed by atoms with E-state index in [4.69, 9.17) is 5.73 Å². The third-order valence-electron chi connectivity index (χ3n) is 2.11. The molecule has 0 aliphatic rings. The Bertz CT molecular complexity index is 395. The van der Waals surface area contributed by atoms with Crippen molar-refractivity contribution in [3.63, 3.8) is 0 Å². The van der Waals surface area contributed by atoms with Gasteiger partial charge in [-0.05, 0) is 36.2 Å². The highest BCUT2D eigenvalue weighted by atomic mass is 19.4. The number of benzene rings is 1. The minimum absolute atomic E-state index is 0.0978. The molecule has 16 heavy (non-hydrogen) atoms. The Labute approximate surface area is 90.6 Å². The van der Waals surface area contributed by atoms with E-state index in [-0.39, 0.29) is 24.1 Å². The Morgan fingerprint density at radius 3 is 2.44 bits per heavy atom. The lowest BCUT2D eigenvalue weighted by Crippen LogP contribution is -2.10. The molecule has 0 spiro atoms. The molecule has 1 aromatic rings. The topological polar surface area (TPSA) is 26.0 Å². The fourth-order valence-electron chi connectivity index (χ4n) is 1.37. The van der Waals surface area contributed by atoms with Gasteiger partial charge in [-0.15, -0.1) is 0 Å². The first kappa shape index (κ1) is 12.7. The zero-order valence-corrected chi connectivity index (χ0v) is 8.44.